The topological polar surface area (TPSA) is 24.5 Å². The third-order valence-electron chi connectivity index (χ3n) is 7.48. The number of piperidine rings is 1. The predicted octanol–water partition coefficient (Wildman–Crippen LogP) is 5.47. The van der Waals surface area contributed by atoms with Crippen molar-refractivity contribution in [2.45, 2.75) is 43.8 Å². The fourth-order valence-electron chi connectivity index (χ4n) is 5.88. The Balaban J connectivity index is 1.51. The first-order valence-electron chi connectivity index (χ1n) is 12.0. The molecule has 3 heteroatoms. The van der Waals surface area contributed by atoms with Crippen LogP contribution in [-0.4, -0.2) is 37.2 Å². The van der Waals surface area contributed by atoms with E-state index < -0.39 is 0 Å². The van der Waals surface area contributed by atoms with Crippen molar-refractivity contribution in [1.82, 2.24) is 10.2 Å². The van der Waals surface area contributed by atoms with Gasteiger partial charge in [0.05, 0.1) is 7.11 Å². The van der Waals surface area contributed by atoms with E-state index in [1.54, 1.807) is 7.11 Å². The van der Waals surface area contributed by atoms with Crippen molar-refractivity contribution in [2.75, 3.05) is 20.2 Å². The largest absolute Gasteiger partial charge is 0.496 e. The summed E-state index contributed by atoms with van der Waals surface area (Å²) in [6.45, 7) is 3.25. The molecule has 2 unspecified atom stereocenters. The van der Waals surface area contributed by atoms with E-state index in [4.69, 9.17) is 4.74 Å². The zero-order valence-corrected chi connectivity index (χ0v) is 19.0. The number of hydrogen-bond donors (Lipinski definition) is 1. The van der Waals surface area contributed by atoms with E-state index in [9.17, 15) is 0 Å². The average molecular weight is 427 g/mol. The van der Waals surface area contributed by atoms with Crippen LogP contribution in [0.25, 0.3) is 0 Å². The molecule has 0 aliphatic carbocycles. The van der Waals surface area contributed by atoms with Gasteiger partial charge in [-0.1, -0.05) is 78.9 Å². The molecule has 32 heavy (non-hydrogen) atoms. The van der Waals surface area contributed by atoms with Crippen LogP contribution in [-0.2, 0) is 6.54 Å². The van der Waals surface area contributed by atoms with Gasteiger partial charge in [0.2, 0.25) is 0 Å². The molecule has 3 aromatic rings. The molecule has 3 aliphatic rings. The van der Waals surface area contributed by atoms with Crippen molar-refractivity contribution < 1.29 is 4.74 Å². The molecular formula is C29H34N2O. The SMILES string of the molecule is COc1ccccc1CNC1CC2CCN(CC2)C1C(c1ccccc1)c1ccccc1. The first-order valence-corrected chi connectivity index (χ1v) is 12.0. The Bertz CT molecular complexity index is 943. The molecule has 0 saturated carbocycles. The van der Waals surface area contributed by atoms with E-state index in [-0.39, 0.29) is 0 Å². The fourth-order valence-corrected chi connectivity index (χ4v) is 5.88. The minimum atomic E-state index is 0.351. The molecule has 0 aromatic heterocycles. The molecule has 3 aliphatic heterocycles. The van der Waals surface area contributed by atoms with Crippen molar-refractivity contribution in [2.24, 2.45) is 5.92 Å². The second kappa shape index (κ2) is 9.89. The van der Waals surface area contributed by atoms with Gasteiger partial charge in [-0.3, -0.25) is 4.90 Å². The Hall–Kier alpha value is -2.62. The van der Waals surface area contributed by atoms with Gasteiger partial charge in [0.25, 0.3) is 0 Å². The molecule has 0 amide bonds. The van der Waals surface area contributed by atoms with Crippen LogP contribution >= 0.6 is 0 Å². The van der Waals surface area contributed by atoms with Gasteiger partial charge in [-0.05, 0) is 55.5 Å². The maximum atomic E-state index is 5.63. The average Bonchev–Trinajstić information content (AvgIpc) is 3.14. The van der Waals surface area contributed by atoms with E-state index in [1.165, 1.54) is 49.0 Å². The zero-order valence-electron chi connectivity index (χ0n) is 19.0. The van der Waals surface area contributed by atoms with Crippen molar-refractivity contribution in [3.63, 3.8) is 0 Å². The van der Waals surface area contributed by atoms with Gasteiger partial charge in [-0.15, -0.1) is 0 Å². The van der Waals surface area contributed by atoms with Crippen molar-refractivity contribution in [3.8, 4) is 5.75 Å². The van der Waals surface area contributed by atoms with E-state index in [0.29, 0.717) is 18.0 Å². The minimum absolute atomic E-state index is 0.351. The Kier molecular flexibility index (Phi) is 6.56. The molecule has 2 atom stereocenters. The summed E-state index contributed by atoms with van der Waals surface area (Å²) < 4.78 is 5.63. The first kappa shape index (κ1) is 21.2. The van der Waals surface area contributed by atoms with Gasteiger partial charge in [0, 0.05) is 30.1 Å². The summed E-state index contributed by atoms with van der Waals surface area (Å²) in [6.07, 6.45) is 3.88. The van der Waals surface area contributed by atoms with Gasteiger partial charge >= 0.3 is 0 Å². The molecule has 166 valence electrons. The van der Waals surface area contributed by atoms with Gasteiger partial charge in [0.15, 0.2) is 0 Å². The number of para-hydroxylation sites is 1. The predicted molar refractivity (Wildman–Crippen MR) is 131 cm³/mol. The quantitative estimate of drug-likeness (QED) is 0.542. The maximum Gasteiger partial charge on any atom is 0.123 e. The monoisotopic (exact) mass is 426 g/mol. The molecule has 3 saturated heterocycles. The highest BCUT2D eigenvalue weighted by Gasteiger charge is 2.42. The molecule has 0 radical (unpaired) electrons. The molecule has 3 fully saturated rings. The lowest BCUT2D eigenvalue weighted by molar-refractivity contribution is 0.142. The van der Waals surface area contributed by atoms with Crippen LogP contribution in [0.2, 0.25) is 0 Å². The van der Waals surface area contributed by atoms with Crippen molar-refractivity contribution in [3.05, 3.63) is 102 Å². The van der Waals surface area contributed by atoms with Crippen LogP contribution in [0.3, 0.4) is 0 Å². The van der Waals surface area contributed by atoms with Crippen molar-refractivity contribution in [1.29, 1.82) is 0 Å². The molecule has 0 spiro atoms. The van der Waals surface area contributed by atoms with Crippen LogP contribution < -0.4 is 10.1 Å². The van der Waals surface area contributed by atoms with Crippen molar-refractivity contribution >= 4 is 0 Å². The summed E-state index contributed by atoms with van der Waals surface area (Å²) in [5.41, 5.74) is 4.06. The molecule has 3 heterocycles. The van der Waals surface area contributed by atoms with Crippen LogP contribution in [0, 0.1) is 5.92 Å². The zero-order chi connectivity index (χ0) is 21.8. The third kappa shape index (κ3) is 4.46. The number of rotatable bonds is 7. The molecule has 6 rings (SSSR count). The Morgan fingerprint density at radius 1 is 0.844 bits per heavy atom. The lowest BCUT2D eigenvalue weighted by Crippen LogP contribution is -2.51. The molecular weight excluding hydrogens is 392 g/mol. The maximum absolute atomic E-state index is 5.63. The van der Waals surface area contributed by atoms with E-state index in [1.807, 2.05) is 6.07 Å². The normalized spacial score (nSPS) is 24.9. The number of benzene rings is 3. The number of ether oxygens (including phenoxy) is 1. The number of nitrogens with one attached hydrogen (secondary N) is 1. The smallest absolute Gasteiger partial charge is 0.123 e. The second-order valence-electron chi connectivity index (χ2n) is 9.30. The Morgan fingerprint density at radius 2 is 1.44 bits per heavy atom. The number of methoxy groups -OCH3 is 1. The van der Waals surface area contributed by atoms with Crippen LogP contribution in [0.5, 0.6) is 5.75 Å². The van der Waals surface area contributed by atoms with E-state index >= 15 is 0 Å². The third-order valence-corrected chi connectivity index (χ3v) is 7.48. The highest BCUT2D eigenvalue weighted by molar-refractivity contribution is 5.36. The first-order chi connectivity index (χ1) is 15.8. The highest BCUT2D eigenvalue weighted by Crippen LogP contribution is 2.40. The number of fused-ring (bicyclic) bond motifs is 4. The van der Waals surface area contributed by atoms with Gasteiger partial charge in [-0.25, -0.2) is 0 Å². The summed E-state index contributed by atoms with van der Waals surface area (Å²) >= 11 is 0. The lowest BCUT2D eigenvalue weighted by Gasteiger charge is -2.41. The van der Waals surface area contributed by atoms with Crippen LogP contribution in [0.15, 0.2) is 84.9 Å². The summed E-state index contributed by atoms with van der Waals surface area (Å²) in [5, 5.41) is 4.00. The minimum Gasteiger partial charge on any atom is -0.496 e. The summed E-state index contributed by atoms with van der Waals surface area (Å²) in [7, 11) is 1.76. The summed E-state index contributed by atoms with van der Waals surface area (Å²) in [5.74, 6) is 2.14. The highest BCUT2D eigenvalue weighted by atomic mass is 16.5. The Labute approximate surface area is 192 Å². The molecule has 1 N–H and O–H groups in total. The van der Waals surface area contributed by atoms with Gasteiger partial charge < -0.3 is 10.1 Å². The molecule has 3 aromatic carbocycles. The number of nitrogens with zero attached hydrogens (tertiary/aromatic N) is 1. The summed E-state index contributed by atoms with van der Waals surface area (Å²) in [4.78, 5) is 2.77. The van der Waals surface area contributed by atoms with Crippen LogP contribution in [0.1, 0.15) is 41.9 Å². The fraction of sp³-hybridized carbons (Fsp3) is 0.379. The molecule has 2 bridgehead atoms. The second-order valence-corrected chi connectivity index (χ2v) is 9.30. The van der Waals surface area contributed by atoms with E-state index in [0.717, 1.165) is 18.2 Å². The van der Waals surface area contributed by atoms with Gasteiger partial charge in [0.1, 0.15) is 5.75 Å². The van der Waals surface area contributed by atoms with Crippen LogP contribution in [0.4, 0.5) is 0 Å². The summed E-state index contributed by atoms with van der Waals surface area (Å²) in [6, 6.07) is 31.5. The Morgan fingerprint density at radius 3 is 2.06 bits per heavy atom. The number of hydrogen-bond acceptors (Lipinski definition) is 3. The lowest BCUT2D eigenvalue weighted by atomic mass is 9.80. The standard InChI is InChI=1S/C29H34N2O/c1-32-27-15-9-8-14-25(27)21-30-26-20-22-16-18-31(19-17-22)29(26)28(23-10-4-2-5-11-23)24-12-6-3-7-13-24/h2-15,22,26,28-30H,16-21H2,1H3. The van der Waals surface area contributed by atoms with E-state index in [2.05, 4.69) is 89.1 Å². The molecule has 3 nitrogen and oxygen atoms in total. The van der Waals surface area contributed by atoms with Gasteiger partial charge in [-0.2, -0.15) is 0 Å².